The molecule has 5 nitrogen and oxygen atoms in total. The lowest BCUT2D eigenvalue weighted by Crippen LogP contribution is -2.33. The first-order valence-corrected chi connectivity index (χ1v) is 8.23. The summed E-state index contributed by atoms with van der Waals surface area (Å²) in [5, 5.41) is 8.95. The maximum Gasteiger partial charge on any atom is 0.307 e. The summed E-state index contributed by atoms with van der Waals surface area (Å²) in [5.74, 6) is -2.55. The van der Waals surface area contributed by atoms with Crippen LogP contribution in [0, 0.1) is 11.7 Å². The Bertz CT molecular complexity index is 591. The van der Waals surface area contributed by atoms with E-state index in [1.165, 1.54) is 12.1 Å². The molecule has 0 amide bonds. The van der Waals surface area contributed by atoms with Crippen LogP contribution in [0.3, 0.4) is 0 Å². The Hall–Kier alpha value is -0.990. The number of sulfonamides is 1. The van der Waals surface area contributed by atoms with E-state index in [9.17, 15) is 17.6 Å². The van der Waals surface area contributed by atoms with Crippen molar-refractivity contribution >= 4 is 31.9 Å². The summed E-state index contributed by atoms with van der Waals surface area (Å²) in [7, 11) is -3.92. The maximum absolute atomic E-state index is 13.3. The molecule has 0 spiro atoms. The Morgan fingerprint density at radius 2 is 2.15 bits per heavy atom. The van der Waals surface area contributed by atoms with Crippen molar-refractivity contribution in [1.82, 2.24) is 4.72 Å². The molecule has 0 aliphatic heterocycles. The fraction of sp³-hybridized carbons (Fsp3) is 0.417. The van der Waals surface area contributed by atoms with Crippen LogP contribution in [-0.4, -0.2) is 26.0 Å². The van der Waals surface area contributed by atoms with Gasteiger partial charge in [0.1, 0.15) is 5.82 Å². The molecular weight excluding hydrogens is 353 g/mol. The van der Waals surface area contributed by atoms with E-state index >= 15 is 0 Å². The van der Waals surface area contributed by atoms with E-state index in [4.69, 9.17) is 5.11 Å². The Balaban J connectivity index is 2.84. The molecule has 0 saturated heterocycles. The van der Waals surface area contributed by atoms with E-state index in [0.29, 0.717) is 12.8 Å². The monoisotopic (exact) mass is 367 g/mol. The molecule has 1 atom stereocenters. The van der Waals surface area contributed by atoms with Crippen LogP contribution in [0.2, 0.25) is 0 Å². The Morgan fingerprint density at radius 1 is 1.50 bits per heavy atom. The van der Waals surface area contributed by atoms with Gasteiger partial charge in [0.2, 0.25) is 10.0 Å². The fourth-order valence-electron chi connectivity index (χ4n) is 1.60. The van der Waals surface area contributed by atoms with Crippen molar-refractivity contribution in [3.05, 3.63) is 28.5 Å². The van der Waals surface area contributed by atoms with Gasteiger partial charge in [0.25, 0.3) is 0 Å². The summed E-state index contributed by atoms with van der Waals surface area (Å²) >= 11 is 2.93. The highest BCUT2D eigenvalue weighted by molar-refractivity contribution is 9.10. The Kier molecular flexibility index (Phi) is 6.09. The van der Waals surface area contributed by atoms with Crippen molar-refractivity contribution in [1.29, 1.82) is 0 Å². The lowest BCUT2D eigenvalue weighted by atomic mass is 10.1. The van der Waals surface area contributed by atoms with Gasteiger partial charge in [-0.05, 0) is 40.5 Å². The highest BCUT2D eigenvalue weighted by atomic mass is 79.9. The molecule has 0 saturated carbocycles. The molecule has 1 aromatic rings. The van der Waals surface area contributed by atoms with E-state index in [-0.39, 0.29) is 15.9 Å². The van der Waals surface area contributed by atoms with Crippen LogP contribution in [0.25, 0.3) is 0 Å². The summed E-state index contributed by atoms with van der Waals surface area (Å²) in [6.45, 7) is 1.59. The third-order valence-corrected chi connectivity index (χ3v) is 4.77. The van der Waals surface area contributed by atoms with Crippen molar-refractivity contribution < 1.29 is 22.7 Å². The van der Waals surface area contributed by atoms with Gasteiger partial charge >= 0.3 is 5.97 Å². The van der Waals surface area contributed by atoms with Gasteiger partial charge in [0.05, 0.1) is 15.3 Å². The molecule has 1 unspecified atom stereocenters. The van der Waals surface area contributed by atoms with E-state index < -0.39 is 27.7 Å². The number of hydrogen-bond acceptors (Lipinski definition) is 3. The number of carboxylic acids is 1. The van der Waals surface area contributed by atoms with E-state index in [0.717, 1.165) is 6.07 Å². The third kappa shape index (κ3) is 4.53. The van der Waals surface area contributed by atoms with E-state index in [1.807, 2.05) is 6.92 Å². The number of halogens is 2. The van der Waals surface area contributed by atoms with Crippen molar-refractivity contribution in [2.75, 3.05) is 6.54 Å². The smallest absolute Gasteiger partial charge is 0.307 e. The van der Waals surface area contributed by atoms with Gasteiger partial charge in [-0.25, -0.2) is 17.5 Å². The molecular formula is C12H15BrFNO4S. The van der Waals surface area contributed by atoms with Gasteiger partial charge in [-0.2, -0.15) is 0 Å². The van der Waals surface area contributed by atoms with Gasteiger partial charge in [-0.1, -0.05) is 13.3 Å². The Morgan fingerprint density at radius 3 is 2.65 bits per heavy atom. The molecule has 20 heavy (non-hydrogen) atoms. The second-order valence-corrected chi connectivity index (χ2v) is 6.87. The van der Waals surface area contributed by atoms with Crippen LogP contribution in [0.4, 0.5) is 4.39 Å². The predicted molar refractivity (Wildman–Crippen MR) is 75.3 cm³/mol. The van der Waals surface area contributed by atoms with Gasteiger partial charge in [0.15, 0.2) is 0 Å². The largest absolute Gasteiger partial charge is 0.481 e. The zero-order valence-corrected chi connectivity index (χ0v) is 13.2. The van der Waals surface area contributed by atoms with Crippen molar-refractivity contribution in [2.24, 2.45) is 5.92 Å². The number of hydrogen-bond donors (Lipinski definition) is 2. The second-order valence-electron chi connectivity index (χ2n) is 4.25. The molecule has 0 aromatic heterocycles. The number of carbonyl (C=O) groups is 1. The summed E-state index contributed by atoms with van der Waals surface area (Å²) in [6, 6.07) is 3.40. The molecule has 8 heteroatoms. The minimum atomic E-state index is -3.92. The lowest BCUT2D eigenvalue weighted by Gasteiger charge is -2.13. The standard InChI is InChI=1S/C12H15BrFNO4S/c1-2-3-8(12(16)17)7-15-20(18,19)9-4-5-10(13)11(14)6-9/h4-6,8,15H,2-3,7H2,1H3,(H,16,17). The molecule has 0 radical (unpaired) electrons. The normalized spacial score (nSPS) is 13.2. The van der Waals surface area contributed by atoms with Gasteiger partial charge in [-0.3, -0.25) is 4.79 Å². The third-order valence-electron chi connectivity index (χ3n) is 2.71. The lowest BCUT2D eigenvalue weighted by molar-refractivity contribution is -0.141. The average molecular weight is 368 g/mol. The number of nitrogens with one attached hydrogen (secondary N) is 1. The minimum absolute atomic E-state index is 0.158. The number of benzene rings is 1. The molecule has 2 N–H and O–H groups in total. The summed E-state index contributed by atoms with van der Waals surface area (Å²) < 4.78 is 39.6. The maximum atomic E-state index is 13.3. The van der Waals surface area contributed by atoms with Gasteiger partial charge in [0, 0.05) is 6.54 Å². The first-order chi connectivity index (χ1) is 9.27. The highest BCUT2D eigenvalue weighted by Crippen LogP contribution is 2.19. The van der Waals surface area contributed by atoms with Crippen LogP contribution in [0.15, 0.2) is 27.6 Å². The van der Waals surface area contributed by atoms with Gasteiger partial charge < -0.3 is 5.11 Å². The first-order valence-electron chi connectivity index (χ1n) is 5.95. The minimum Gasteiger partial charge on any atom is -0.481 e. The van der Waals surface area contributed by atoms with Crippen LogP contribution in [-0.2, 0) is 14.8 Å². The quantitative estimate of drug-likeness (QED) is 0.774. The molecule has 0 aliphatic rings. The van der Waals surface area contributed by atoms with Gasteiger partial charge in [-0.15, -0.1) is 0 Å². The van der Waals surface area contributed by atoms with Crippen LogP contribution < -0.4 is 4.72 Å². The average Bonchev–Trinajstić information content (AvgIpc) is 2.37. The summed E-state index contributed by atoms with van der Waals surface area (Å²) in [4.78, 5) is 10.7. The summed E-state index contributed by atoms with van der Waals surface area (Å²) in [5.41, 5.74) is 0. The number of aliphatic carboxylic acids is 1. The SMILES string of the molecule is CCCC(CNS(=O)(=O)c1ccc(Br)c(F)c1)C(=O)O. The molecule has 0 fully saturated rings. The van der Waals surface area contributed by atoms with Crippen LogP contribution in [0.1, 0.15) is 19.8 Å². The van der Waals surface area contributed by atoms with Crippen molar-refractivity contribution in [2.45, 2.75) is 24.7 Å². The van der Waals surface area contributed by atoms with Crippen molar-refractivity contribution in [3.63, 3.8) is 0 Å². The summed E-state index contributed by atoms with van der Waals surface area (Å²) in [6.07, 6.45) is 0.998. The zero-order chi connectivity index (χ0) is 15.3. The number of rotatable bonds is 7. The second kappa shape index (κ2) is 7.14. The molecule has 0 aliphatic carbocycles. The van der Waals surface area contributed by atoms with Crippen LogP contribution in [0.5, 0.6) is 0 Å². The number of carboxylic acid groups (broad SMARTS) is 1. The molecule has 112 valence electrons. The Labute approximate surface area is 125 Å². The zero-order valence-electron chi connectivity index (χ0n) is 10.8. The molecule has 1 aromatic carbocycles. The fourth-order valence-corrected chi connectivity index (χ4v) is 2.94. The molecule has 1 rings (SSSR count). The predicted octanol–water partition coefficient (Wildman–Crippen LogP) is 2.37. The first kappa shape index (κ1) is 17.1. The molecule has 0 bridgehead atoms. The molecule has 0 heterocycles. The van der Waals surface area contributed by atoms with E-state index in [2.05, 4.69) is 20.7 Å². The van der Waals surface area contributed by atoms with Crippen molar-refractivity contribution in [3.8, 4) is 0 Å². The van der Waals surface area contributed by atoms with Crippen LogP contribution >= 0.6 is 15.9 Å². The topological polar surface area (TPSA) is 83.5 Å². The van der Waals surface area contributed by atoms with E-state index in [1.54, 1.807) is 0 Å². The highest BCUT2D eigenvalue weighted by Gasteiger charge is 2.21.